The van der Waals surface area contributed by atoms with E-state index in [1.807, 2.05) is 18.2 Å². The number of pyridine rings is 1. The van der Waals surface area contributed by atoms with Gasteiger partial charge in [-0.1, -0.05) is 22.9 Å². The van der Waals surface area contributed by atoms with Crippen molar-refractivity contribution in [3.8, 4) is 0 Å². The highest BCUT2D eigenvalue weighted by atomic mass is 79.9. The molecule has 21 heavy (non-hydrogen) atoms. The van der Waals surface area contributed by atoms with Gasteiger partial charge in [0.15, 0.2) is 0 Å². The number of benzene rings is 1. The zero-order valence-corrected chi connectivity index (χ0v) is 14.7. The number of carbonyl (C=O) groups is 1. The van der Waals surface area contributed by atoms with Crippen molar-refractivity contribution in [2.45, 2.75) is 13.3 Å². The van der Waals surface area contributed by atoms with Gasteiger partial charge in [0, 0.05) is 27.9 Å². The van der Waals surface area contributed by atoms with E-state index in [0.29, 0.717) is 11.3 Å². The maximum absolute atomic E-state index is 12.4. The number of amides is 1. The second-order valence-electron chi connectivity index (χ2n) is 4.43. The van der Waals surface area contributed by atoms with Crippen molar-refractivity contribution in [2.24, 2.45) is 0 Å². The Kier molecular flexibility index (Phi) is 5.76. The summed E-state index contributed by atoms with van der Waals surface area (Å²) in [7, 11) is 0. The van der Waals surface area contributed by atoms with E-state index in [9.17, 15) is 4.79 Å². The first kappa shape index (κ1) is 16.0. The fraction of sp³-hybridized carbons (Fsp3) is 0.200. The van der Waals surface area contributed by atoms with Gasteiger partial charge in [0.1, 0.15) is 0 Å². The highest BCUT2D eigenvalue weighted by Gasteiger charge is 2.13. The third-order valence-corrected chi connectivity index (χ3v) is 3.96. The lowest BCUT2D eigenvalue weighted by atomic mass is 10.2. The van der Waals surface area contributed by atoms with E-state index in [-0.39, 0.29) is 5.91 Å². The Bertz CT molecular complexity index is 647. The first-order valence-corrected chi connectivity index (χ1v) is 8.14. The molecule has 0 saturated carbocycles. The molecular formula is C15H15Br2N3O. The molecule has 2 rings (SSSR count). The molecule has 1 heterocycles. The second kappa shape index (κ2) is 7.56. The summed E-state index contributed by atoms with van der Waals surface area (Å²) in [5, 5.41) is 6.12. The smallest absolute Gasteiger partial charge is 0.259 e. The van der Waals surface area contributed by atoms with Gasteiger partial charge in [-0.05, 0) is 46.6 Å². The molecular weight excluding hydrogens is 398 g/mol. The van der Waals surface area contributed by atoms with Crippen LogP contribution in [0.3, 0.4) is 0 Å². The molecule has 1 aromatic carbocycles. The van der Waals surface area contributed by atoms with Crippen LogP contribution in [0.1, 0.15) is 23.7 Å². The molecule has 0 aliphatic heterocycles. The SMILES string of the molecule is CCCNc1ccncc1C(=O)Nc1ccc(Br)cc1Br. The summed E-state index contributed by atoms with van der Waals surface area (Å²) in [6.45, 7) is 2.89. The Labute approximate surface area is 140 Å². The average Bonchev–Trinajstić information content (AvgIpc) is 2.48. The van der Waals surface area contributed by atoms with Gasteiger partial charge in [0.2, 0.25) is 0 Å². The maximum atomic E-state index is 12.4. The molecule has 0 aliphatic rings. The van der Waals surface area contributed by atoms with Crippen LogP contribution in [-0.4, -0.2) is 17.4 Å². The number of nitrogens with one attached hydrogen (secondary N) is 2. The van der Waals surface area contributed by atoms with E-state index in [0.717, 1.165) is 27.6 Å². The Morgan fingerprint density at radius 1 is 1.24 bits per heavy atom. The van der Waals surface area contributed by atoms with E-state index >= 15 is 0 Å². The molecule has 1 amide bonds. The predicted molar refractivity (Wildman–Crippen MR) is 92.8 cm³/mol. The molecule has 4 nitrogen and oxygen atoms in total. The lowest BCUT2D eigenvalue weighted by Gasteiger charge is -2.12. The van der Waals surface area contributed by atoms with Gasteiger partial charge < -0.3 is 10.6 Å². The quantitative estimate of drug-likeness (QED) is 0.749. The van der Waals surface area contributed by atoms with Gasteiger partial charge in [-0.2, -0.15) is 0 Å². The summed E-state index contributed by atoms with van der Waals surface area (Å²) in [5.41, 5.74) is 2.03. The highest BCUT2D eigenvalue weighted by molar-refractivity contribution is 9.11. The third kappa shape index (κ3) is 4.28. The van der Waals surface area contributed by atoms with Crippen LogP contribution >= 0.6 is 31.9 Å². The molecule has 2 aromatic rings. The zero-order chi connectivity index (χ0) is 15.2. The fourth-order valence-corrected chi connectivity index (χ4v) is 2.92. The van der Waals surface area contributed by atoms with Gasteiger partial charge in [-0.15, -0.1) is 0 Å². The highest BCUT2D eigenvalue weighted by Crippen LogP contribution is 2.27. The number of anilines is 2. The van der Waals surface area contributed by atoms with Crippen LogP contribution < -0.4 is 10.6 Å². The minimum atomic E-state index is -0.190. The van der Waals surface area contributed by atoms with E-state index in [1.165, 1.54) is 0 Å². The molecule has 0 spiro atoms. The molecule has 0 bridgehead atoms. The van der Waals surface area contributed by atoms with Crippen molar-refractivity contribution < 1.29 is 4.79 Å². The number of hydrogen-bond acceptors (Lipinski definition) is 3. The molecule has 0 radical (unpaired) electrons. The number of nitrogens with zero attached hydrogens (tertiary/aromatic N) is 1. The lowest BCUT2D eigenvalue weighted by Crippen LogP contribution is -2.15. The Balaban J connectivity index is 2.20. The molecule has 1 aromatic heterocycles. The number of hydrogen-bond donors (Lipinski definition) is 2. The second-order valence-corrected chi connectivity index (χ2v) is 6.20. The summed E-state index contributed by atoms with van der Waals surface area (Å²) >= 11 is 6.82. The fourth-order valence-electron chi connectivity index (χ4n) is 1.77. The molecule has 0 unspecified atom stereocenters. The van der Waals surface area contributed by atoms with Crippen molar-refractivity contribution in [2.75, 3.05) is 17.2 Å². The third-order valence-electron chi connectivity index (χ3n) is 2.81. The number of aromatic nitrogens is 1. The van der Waals surface area contributed by atoms with E-state index < -0.39 is 0 Å². The molecule has 110 valence electrons. The molecule has 0 atom stereocenters. The summed E-state index contributed by atoms with van der Waals surface area (Å²) in [5.74, 6) is -0.190. The van der Waals surface area contributed by atoms with Crippen molar-refractivity contribution in [1.29, 1.82) is 0 Å². The van der Waals surface area contributed by atoms with E-state index in [4.69, 9.17) is 0 Å². The average molecular weight is 413 g/mol. The van der Waals surface area contributed by atoms with Crippen LogP contribution in [0.25, 0.3) is 0 Å². The minimum Gasteiger partial charge on any atom is -0.384 e. The topological polar surface area (TPSA) is 54.0 Å². The standard InChI is InChI=1S/C15H15Br2N3O/c1-2-6-19-13-5-7-18-9-11(13)15(21)20-14-4-3-10(16)8-12(14)17/h3-5,7-9H,2,6H2,1H3,(H,18,19)(H,20,21). The first-order valence-electron chi connectivity index (χ1n) is 6.56. The molecule has 0 fully saturated rings. The number of halogens is 2. The van der Waals surface area contributed by atoms with Gasteiger partial charge in [0.05, 0.1) is 16.9 Å². The Morgan fingerprint density at radius 3 is 2.76 bits per heavy atom. The minimum absolute atomic E-state index is 0.190. The van der Waals surface area contributed by atoms with Crippen LogP contribution in [0, 0.1) is 0 Å². The van der Waals surface area contributed by atoms with E-state index in [1.54, 1.807) is 18.5 Å². The van der Waals surface area contributed by atoms with Gasteiger partial charge in [0.25, 0.3) is 5.91 Å². The lowest BCUT2D eigenvalue weighted by molar-refractivity contribution is 0.102. The van der Waals surface area contributed by atoms with Crippen LogP contribution in [0.4, 0.5) is 11.4 Å². The van der Waals surface area contributed by atoms with Crippen LogP contribution in [0.5, 0.6) is 0 Å². The Morgan fingerprint density at radius 2 is 2.05 bits per heavy atom. The maximum Gasteiger partial charge on any atom is 0.259 e. The van der Waals surface area contributed by atoms with Crippen molar-refractivity contribution in [1.82, 2.24) is 4.98 Å². The van der Waals surface area contributed by atoms with Crippen molar-refractivity contribution >= 4 is 49.1 Å². The molecule has 0 aliphatic carbocycles. The van der Waals surface area contributed by atoms with Crippen molar-refractivity contribution in [3.63, 3.8) is 0 Å². The monoisotopic (exact) mass is 411 g/mol. The largest absolute Gasteiger partial charge is 0.384 e. The summed E-state index contributed by atoms with van der Waals surface area (Å²) in [6, 6.07) is 7.40. The summed E-state index contributed by atoms with van der Waals surface area (Å²) in [4.78, 5) is 16.4. The molecule has 2 N–H and O–H groups in total. The van der Waals surface area contributed by atoms with Crippen LogP contribution in [-0.2, 0) is 0 Å². The van der Waals surface area contributed by atoms with Crippen LogP contribution in [0.2, 0.25) is 0 Å². The summed E-state index contributed by atoms with van der Waals surface area (Å²) in [6.07, 6.45) is 4.23. The number of rotatable bonds is 5. The van der Waals surface area contributed by atoms with Crippen molar-refractivity contribution in [3.05, 3.63) is 51.2 Å². The molecule has 6 heteroatoms. The number of carbonyl (C=O) groups excluding carboxylic acids is 1. The van der Waals surface area contributed by atoms with E-state index in [2.05, 4.69) is 54.4 Å². The van der Waals surface area contributed by atoms with Gasteiger partial charge in [-0.25, -0.2) is 0 Å². The predicted octanol–water partition coefficient (Wildman–Crippen LogP) is 4.68. The van der Waals surface area contributed by atoms with Crippen LogP contribution in [0.15, 0.2) is 45.6 Å². The van der Waals surface area contributed by atoms with Gasteiger partial charge in [-0.3, -0.25) is 9.78 Å². The first-order chi connectivity index (χ1) is 10.1. The summed E-state index contributed by atoms with van der Waals surface area (Å²) < 4.78 is 1.76. The normalized spacial score (nSPS) is 10.2. The Hall–Kier alpha value is -1.40. The molecule has 0 saturated heterocycles. The van der Waals surface area contributed by atoms with Gasteiger partial charge >= 0.3 is 0 Å². The zero-order valence-electron chi connectivity index (χ0n) is 11.5.